The van der Waals surface area contributed by atoms with Crippen molar-refractivity contribution >= 4 is 27.3 Å². The summed E-state index contributed by atoms with van der Waals surface area (Å²) in [5.41, 5.74) is -0.453. The van der Waals surface area contributed by atoms with Gasteiger partial charge in [-0.3, -0.25) is 19.7 Å². The summed E-state index contributed by atoms with van der Waals surface area (Å²) in [7, 11) is -3.70. The van der Waals surface area contributed by atoms with E-state index in [0.717, 1.165) is 44.1 Å². The van der Waals surface area contributed by atoms with Gasteiger partial charge in [-0.15, -0.1) is 0 Å². The second-order valence-electron chi connectivity index (χ2n) is 8.15. The van der Waals surface area contributed by atoms with Crippen molar-refractivity contribution in [3.63, 3.8) is 0 Å². The lowest BCUT2D eigenvalue weighted by Crippen LogP contribution is -2.48. The fourth-order valence-electron chi connectivity index (χ4n) is 4.12. The van der Waals surface area contributed by atoms with Gasteiger partial charge in [-0.05, 0) is 31.7 Å². The molecule has 0 radical (unpaired) electrons. The Hall–Kier alpha value is -2.49. The summed E-state index contributed by atoms with van der Waals surface area (Å²) in [6.07, 6.45) is 7.35. The number of nitro benzene ring substituents is 1. The lowest BCUT2D eigenvalue weighted by atomic mass is 9.88. The molecule has 164 valence electrons. The van der Waals surface area contributed by atoms with Crippen LogP contribution in [0.25, 0.3) is 0 Å². The minimum absolute atomic E-state index is 0.000154. The lowest BCUT2D eigenvalue weighted by Gasteiger charge is -2.33. The number of likely N-dealkylation sites (tertiary alicyclic amines) is 1. The molecule has 1 aromatic carbocycles. The maximum Gasteiger partial charge on any atom is 0.271 e. The first-order chi connectivity index (χ1) is 14.1. The summed E-state index contributed by atoms with van der Waals surface area (Å²) in [5.74, 6) is -0.269. The smallest absolute Gasteiger partial charge is 0.271 e. The van der Waals surface area contributed by atoms with Crippen LogP contribution in [0.2, 0.25) is 0 Å². The number of carbonyl (C=O) groups excluding carboxylic acids is 2. The van der Waals surface area contributed by atoms with E-state index in [9.17, 15) is 28.1 Å². The molecule has 0 aromatic heterocycles. The van der Waals surface area contributed by atoms with Crippen LogP contribution < -0.4 is 5.32 Å². The topological polar surface area (TPSA) is 127 Å². The first-order valence-corrected chi connectivity index (χ1v) is 12.1. The highest BCUT2D eigenvalue weighted by Gasteiger charge is 2.29. The fraction of sp³-hybridized carbons (Fsp3) is 0.600. The molecular formula is C20H27N3O6S. The Balaban J connectivity index is 1.64. The third kappa shape index (κ3) is 5.35. The van der Waals surface area contributed by atoms with Gasteiger partial charge in [0.2, 0.25) is 5.91 Å². The summed E-state index contributed by atoms with van der Waals surface area (Å²) in [4.78, 5) is 37.0. The van der Waals surface area contributed by atoms with Gasteiger partial charge in [0.05, 0.1) is 9.82 Å². The molecule has 1 aliphatic heterocycles. The summed E-state index contributed by atoms with van der Waals surface area (Å²) in [6.45, 7) is 0.788. The van der Waals surface area contributed by atoms with Gasteiger partial charge in [-0.2, -0.15) is 0 Å². The van der Waals surface area contributed by atoms with Gasteiger partial charge >= 0.3 is 0 Å². The van der Waals surface area contributed by atoms with E-state index in [1.54, 1.807) is 4.90 Å². The maximum atomic E-state index is 12.9. The van der Waals surface area contributed by atoms with Crippen LogP contribution in [0, 0.1) is 16.0 Å². The largest absolute Gasteiger partial charge is 0.353 e. The van der Waals surface area contributed by atoms with E-state index >= 15 is 0 Å². The number of nitrogens with zero attached hydrogens (tertiary/aromatic N) is 2. The molecule has 0 unspecified atom stereocenters. The quantitative estimate of drug-likeness (QED) is 0.556. The lowest BCUT2D eigenvalue weighted by molar-refractivity contribution is -0.385. The number of rotatable bonds is 5. The first kappa shape index (κ1) is 22.2. The molecule has 1 heterocycles. The molecule has 1 saturated carbocycles. The Labute approximate surface area is 175 Å². The van der Waals surface area contributed by atoms with Gasteiger partial charge < -0.3 is 10.2 Å². The van der Waals surface area contributed by atoms with Crippen LogP contribution in [0.5, 0.6) is 0 Å². The van der Waals surface area contributed by atoms with Gasteiger partial charge in [0.25, 0.3) is 11.6 Å². The van der Waals surface area contributed by atoms with Crippen molar-refractivity contribution < 1.29 is 22.9 Å². The molecular weight excluding hydrogens is 410 g/mol. The number of nitrogens with one attached hydrogen (secondary N) is 1. The van der Waals surface area contributed by atoms with Gasteiger partial charge in [0, 0.05) is 49.0 Å². The van der Waals surface area contributed by atoms with Gasteiger partial charge in [-0.1, -0.05) is 19.3 Å². The normalized spacial score (nSPS) is 18.8. The molecule has 0 spiro atoms. The molecule has 0 bridgehead atoms. The van der Waals surface area contributed by atoms with Crippen LogP contribution in [-0.4, -0.2) is 55.4 Å². The van der Waals surface area contributed by atoms with Crippen LogP contribution in [-0.2, 0) is 14.6 Å². The molecule has 1 aromatic rings. The van der Waals surface area contributed by atoms with Crippen molar-refractivity contribution in [1.29, 1.82) is 0 Å². The highest BCUT2D eigenvalue weighted by molar-refractivity contribution is 7.90. The van der Waals surface area contributed by atoms with Crippen LogP contribution in [0.15, 0.2) is 23.1 Å². The molecule has 30 heavy (non-hydrogen) atoms. The fourth-order valence-corrected chi connectivity index (χ4v) is 4.80. The standard InChI is InChI=1S/C20H27N3O6S/c1-30(28,29)18-12-15(11-17(13-18)23(26)27)20(25)22-9-7-16(8-10-22)21-19(24)14-5-3-2-4-6-14/h11-14,16H,2-10H2,1H3,(H,21,24). The zero-order valence-electron chi connectivity index (χ0n) is 17.0. The number of nitro groups is 1. The number of sulfone groups is 1. The Morgan fingerprint density at radius 1 is 1.07 bits per heavy atom. The molecule has 2 amide bonds. The van der Waals surface area contributed by atoms with Crippen molar-refractivity contribution in [3.05, 3.63) is 33.9 Å². The van der Waals surface area contributed by atoms with Crippen molar-refractivity contribution in [2.75, 3.05) is 19.3 Å². The predicted molar refractivity (Wildman–Crippen MR) is 110 cm³/mol. The number of non-ortho nitro benzene ring substituents is 1. The van der Waals surface area contributed by atoms with E-state index in [0.29, 0.717) is 25.9 Å². The number of amides is 2. The second-order valence-corrected chi connectivity index (χ2v) is 10.2. The summed E-state index contributed by atoms with van der Waals surface area (Å²) >= 11 is 0. The SMILES string of the molecule is CS(=O)(=O)c1cc(C(=O)N2CCC(NC(=O)C3CCCCC3)CC2)cc([N+](=O)[O-])c1. The number of hydrogen-bond donors (Lipinski definition) is 1. The number of carbonyl (C=O) groups is 2. The summed E-state index contributed by atoms with van der Waals surface area (Å²) in [6, 6.07) is 3.24. The Morgan fingerprint density at radius 3 is 2.27 bits per heavy atom. The van der Waals surface area contributed by atoms with Gasteiger partial charge in [-0.25, -0.2) is 8.42 Å². The first-order valence-electron chi connectivity index (χ1n) is 10.2. The third-order valence-electron chi connectivity index (χ3n) is 5.88. The molecule has 3 rings (SSSR count). The predicted octanol–water partition coefficient (Wildman–Crippen LogP) is 2.30. The van der Waals surface area contributed by atoms with E-state index in [2.05, 4.69) is 5.32 Å². The minimum atomic E-state index is -3.70. The van der Waals surface area contributed by atoms with E-state index < -0.39 is 26.4 Å². The molecule has 10 heteroatoms. The van der Waals surface area contributed by atoms with Crippen LogP contribution in [0.1, 0.15) is 55.3 Å². The average molecular weight is 438 g/mol. The van der Waals surface area contributed by atoms with Crippen molar-refractivity contribution in [1.82, 2.24) is 10.2 Å². The third-order valence-corrected chi connectivity index (χ3v) is 6.97. The monoisotopic (exact) mass is 437 g/mol. The number of benzene rings is 1. The summed E-state index contributed by atoms with van der Waals surface area (Å²) < 4.78 is 23.7. The van der Waals surface area contributed by atoms with Crippen LogP contribution in [0.4, 0.5) is 5.69 Å². The van der Waals surface area contributed by atoms with Crippen molar-refractivity contribution in [2.24, 2.45) is 5.92 Å². The van der Waals surface area contributed by atoms with E-state index in [4.69, 9.17) is 0 Å². The van der Waals surface area contributed by atoms with E-state index in [-0.39, 0.29) is 28.3 Å². The zero-order chi connectivity index (χ0) is 21.9. The Kier molecular flexibility index (Phi) is 6.74. The molecule has 1 N–H and O–H groups in total. The molecule has 9 nitrogen and oxygen atoms in total. The van der Waals surface area contributed by atoms with Gasteiger partial charge in [0.15, 0.2) is 9.84 Å². The number of hydrogen-bond acceptors (Lipinski definition) is 6. The number of piperidine rings is 1. The highest BCUT2D eigenvalue weighted by atomic mass is 32.2. The van der Waals surface area contributed by atoms with E-state index in [1.807, 2.05) is 0 Å². The highest BCUT2D eigenvalue weighted by Crippen LogP contribution is 2.25. The zero-order valence-corrected chi connectivity index (χ0v) is 17.8. The molecule has 2 aliphatic rings. The van der Waals surface area contributed by atoms with E-state index in [1.165, 1.54) is 12.5 Å². The van der Waals surface area contributed by atoms with Gasteiger partial charge in [0.1, 0.15) is 0 Å². The molecule has 1 saturated heterocycles. The van der Waals surface area contributed by atoms with Crippen molar-refractivity contribution in [3.8, 4) is 0 Å². The average Bonchev–Trinajstić information content (AvgIpc) is 2.73. The summed E-state index contributed by atoms with van der Waals surface area (Å²) in [5, 5.41) is 14.2. The maximum absolute atomic E-state index is 12.9. The Bertz CT molecular complexity index is 932. The van der Waals surface area contributed by atoms with Crippen LogP contribution >= 0.6 is 0 Å². The van der Waals surface area contributed by atoms with Crippen LogP contribution in [0.3, 0.4) is 0 Å². The second kappa shape index (κ2) is 9.11. The Morgan fingerprint density at radius 2 is 1.70 bits per heavy atom. The molecule has 0 atom stereocenters. The molecule has 2 fully saturated rings. The van der Waals surface area contributed by atoms with Crippen molar-refractivity contribution in [2.45, 2.75) is 55.9 Å². The molecule has 1 aliphatic carbocycles. The minimum Gasteiger partial charge on any atom is -0.353 e.